The van der Waals surface area contributed by atoms with E-state index in [1.165, 1.54) is 24.3 Å². The van der Waals surface area contributed by atoms with Gasteiger partial charge in [-0.15, -0.1) is 11.3 Å². The van der Waals surface area contributed by atoms with Gasteiger partial charge in [0.1, 0.15) is 17.2 Å². The fourth-order valence-corrected chi connectivity index (χ4v) is 3.65. The number of imide groups is 1. The molecule has 1 saturated heterocycles. The molecule has 1 aliphatic rings. The number of urea groups is 1. The Balaban J connectivity index is 1.97. The number of nitrogens with zero attached hydrogens (tertiary/aromatic N) is 1. The highest BCUT2D eigenvalue weighted by atomic mass is 35.5. The monoisotopic (exact) mass is 356 g/mol. The molecule has 3 amide bonds. The van der Waals surface area contributed by atoms with Crippen LogP contribution in [0.2, 0.25) is 4.34 Å². The maximum absolute atomic E-state index is 14.0. The summed E-state index contributed by atoms with van der Waals surface area (Å²) in [6.07, 6.45) is 0. The standard InChI is InChI=1S/C15H11ClF2N2O2S/c1-15(12-9(17)3-2-4-10(12)18)13(21)20(14(22)19-15)7-8-5-6-11(16)23-8/h2-6H,7H2,1H3,(H,19,22). The summed E-state index contributed by atoms with van der Waals surface area (Å²) in [6, 6.07) is 5.92. The summed E-state index contributed by atoms with van der Waals surface area (Å²) in [5.74, 6) is -2.49. The highest BCUT2D eigenvalue weighted by Crippen LogP contribution is 2.34. The van der Waals surface area contributed by atoms with Gasteiger partial charge in [-0.2, -0.15) is 0 Å². The molecule has 0 spiro atoms. The zero-order valence-corrected chi connectivity index (χ0v) is 13.5. The van der Waals surface area contributed by atoms with Crippen LogP contribution in [0.3, 0.4) is 0 Å². The molecule has 1 aromatic heterocycles. The third-order valence-corrected chi connectivity index (χ3v) is 4.90. The molecule has 1 aliphatic heterocycles. The van der Waals surface area contributed by atoms with E-state index < -0.39 is 34.7 Å². The first-order valence-electron chi connectivity index (χ1n) is 6.66. The number of hydrogen-bond donors (Lipinski definition) is 1. The van der Waals surface area contributed by atoms with Crippen molar-refractivity contribution >= 4 is 34.9 Å². The topological polar surface area (TPSA) is 49.4 Å². The van der Waals surface area contributed by atoms with Crippen LogP contribution in [0.1, 0.15) is 17.4 Å². The fourth-order valence-electron chi connectivity index (χ4n) is 2.58. The highest BCUT2D eigenvalue weighted by Gasteiger charge is 2.51. The van der Waals surface area contributed by atoms with Crippen molar-refractivity contribution in [2.24, 2.45) is 0 Å². The normalized spacial score (nSPS) is 21.0. The molecule has 0 radical (unpaired) electrons. The lowest BCUT2D eigenvalue weighted by atomic mass is 9.91. The Morgan fingerprint density at radius 1 is 1.22 bits per heavy atom. The fraction of sp³-hybridized carbons (Fsp3) is 0.200. The molecule has 120 valence electrons. The average molecular weight is 357 g/mol. The van der Waals surface area contributed by atoms with Crippen LogP contribution in [0, 0.1) is 11.6 Å². The second-order valence-electron chi connectivity index (χ2n) is 5.25. The summed E-state index contributed by atoms with van der Waals surface area (Å²) in [6.45, 7) is 1.28. The van der Waals surface area contributed by atoms with Crippen LogP contribution in [-0.2, 0) is 16.9 Å². The van der Waals surface area contributed by atoms with E-state index in [0.29, 0.717) is 9.21 Å². The number of nitrogens with one attached hydrogen (secondary N) is 1. The summed E-state index contributed by atoms with van der Waals surface area (Å²) in [5.41, 5.74) is -2.25. The molecule has 2 heterocycles. The van der Waals surface area contributed by atoms with Crippen LogP contribution >= 0.6 is 22.9 Å². The molecule has 0 saturated carbocycles. The van der Waals surface area contributed by atoms with Crippen molar-refractivity contribution in [2.45, 2.75) is 19.0 Å². The first kappa shape index (κ1) is 15.9. The molecule has 0 aliphatic carbocycles. The van der Waals surface area contributed by atoms with E-state index >= 15 is 0 Å². The van der Waals surface area contributed by atoms with Gasteiger partial charge in [0.2, 0.25) is 0 Å². The van der Waals surface area contributed by atoms with Crippen molar-refractivity contribution < 1.29 is 18.4 Å². The summed E-state index contributed by atoms with van der Waals surface area (Å²) in [4.78, 5) is 26.4. The Kier molecular flexibility index (Phi) is 3.85. The highest BCUT2D eigenvalue weighted by molar-refractivity contribution is 7.16. The van der Waals surface area contributed by atoms with Gasteiger partial charge in [0.05, 0.1) is 16.4 Å². The second kappa shape index (κ2) is 5.58. The van der Waals surface area contributed by atoms with Crippen LogP contribution < -0.4 is 5.32 Å². The van der Waals surface area contributed by atoms with E-state index in [0.717, 1.165) is 17.0 Å². The molecule has 1 N–H and O–H groups in total. The largest absolute Gasteiger partial charge is 0.325 e. The van der Waals surface area contributed by atoms with Gasteiger partial charge in [-0.05, 0) is 31.2 Å². The minimum atomic E-state index is -1.78. The smallest absolute Gasteiger partial charge is 0.319 e. The van der Waals surface area contributed by atoms with Crippen LogP contribution in [-0.4, -0.2) is 16.8 Å². The maximum Gasteiger partial charge on any atom is 0.325 e. The predicted molar refractivity (Wildman–Crippen MR) is 82.1 cm³/mol. The average Bonchev–Trinajstić information content (AvgIpc) is 2.96. The first-order valence-corrected chi connectivity index (χ1v) is 7.85. The molecule has 1 aromatic carbocycles. The van der Waals surface area contributed by atoms with Crippen molar-refractivity contribution in [1.29, 1.82) is 0 Å². The predicted octanol–water partition coefficient (Wildman–Crippen LogP) is 3.65. The van der Waals surface area contributed by atoms with E-state index in [4.69, 9.17) is 11.6 Å². The van der Waals surface area contributed by atoms with E-state index in [1.54, 1.807) is 12.1 Å². The third kappa shape index (κ3) is 2.60. The van der Waals surface area contributed by atoms with Crippen molar-refractivity contribution in [1.82, 2.24) is 10.2 Å². The number of amides is 3. The number of carbonyl (C=O) groups is 2. The molecule has 1 unspecified atom stereocenters. The maximum atomic E-state index is 14.0. The SMILES string of the molecule is CC1(c2c(F)cccc2F)NC(=O)N(Cc2ccc(Cl)s2)C1=O. The lowest BCUT2D eigenvalue weighted by Crippen LogP contribution is -2.42. The minimum absolute atomic E-state index is 0.00624. The first-order chi connectivity index (χ1) is 10.8. The van der Waals surface area contributed by atoms with Gasteiger partial charge in [-0.1, -0.05) is 17.7 Å². The third-order valence-electron chi connectivity index (χ3n) is 3.68. The Bertz CT molecular complexity index is 790. The second-order valence-corrected chi connectivity index (χ2v) is 7.05. The lowest BCUT2D eigenvalue weighted by Gasteiger charge is -2.23. The van der Waals surface area contributed by atoms with Crippen molar-refractivity contribution in [3.8, 4) is 0 Å². The number of rotatable bonds is 3. The number of carbonyl (C=O) groups excluding carboxylic acids is 2. The molecule has 1 fully saturated rings. The summed E-state index contributed by atoms with van der Waals surface area (Å²) in [7, 11) is 0. The Labute approximate surface area is 139 Å². The summed E-state index contributed by atoms with van der Waals surface area (Å²) >= 11 is 7.05. The van der Waals surface area contributed by atoms with E-state index in [-0.39, 0.29) is 6.54 Å². The molecule has 4 nitrogen and oxygen atoms in total. The molecule has 0 bridgehead atoms. The zero-order valence-electron chi connectivity index (χ0n) is 11.9. The van der Waals surface area contributed by atoms with Crippen LogP contribution in [0.4, 0.5) is 13.6 Å². The zero-order chi connectivity index (χ0) is 16.8. The van der Waals surface area contributed by atoms with E-state index in [9.17, 15) is 18.4 Å². The van der Waals surface area contributed by atoms with Gasteiger partial charge in [-0.3, -0.25) is 9.69 Å². The number of thiophene rings is 1. The quantitative estimate of drug-likeness (QED) is 0.853. The van der Waals surface area contributed by atoms with Gasteiger partial charge in [-0.25, -0.2) is 13.6 Å². The van der Waals surface area contributed by atoms with Gasteiger partial charge in [0.15, 0.2) is 0 Å². The molecule has 1 atom stereocenters. The molecule has 23 heavy (non-hydrogen) atoms. The van der Waals surface area contributed by atoms with Crippen LogP contribution in [0.25, 0.3) is 0 Å². The van der Waals surface area contributed by atoms with Crippen LogP contribution in [0.15, 0.2) is 30.3 Å². The van der Waals surface area contributed by atoms with E-state index in [1.807, 2.05) is 0 Å². The number of halogens is 3. The van der Waals surface area contributed by atoms with Crippen LogP contribution in [0.5, 0.6) is 0 Å². The Morgan fingerprint density at radius 3 is 2.43 bits per heavy atom. The lowest BCUT2D eigenvalue weighted by molar-refractivity contribution is -0.131. The number of benzene rings is 1. The van der Waals surface area contributed by atoms with Gasteiger partial charge < -0.3 is 5.32 Å². The summed E-state index contributed by atoms with van der Waals surface area (Å²) in [5, 5.41) is 2.38. The molecular formula is C15H11ClF2N2O2S. The number of hydrogen-bond acceptors (Lipinski definition) is 3. The Morgan fingerprint density at radius 2 is 1.87 bits per heavy atom. The minimum Gasteiger partial charge on any atom is -0.319 e. The molecule has 8 heteroatoms. The molecule has 2 aromatic rings. The van der Waals surface area contributed by atoms with Gasteiger partial charge in [0, 0.05) is 4.88 Å². The molecule has 3 rings (SSSR count). The van der Waals surface area contributed by atoms with Gasteiger partial charge in [0.25, 0.3) is 5.91 Å². The van der Waals surface area contributed by atoms with Gasteiger partial charge >= 0.3 is 6.03 Å². The van der Waals surface area contributed by atoms with Crippen molar-refractivity contribution in [3.05, 3.63) is 56.7 Å². The van der Waals surface area contributed by atoms with Crippen molar-refractivity contribution in [2.75, 3.05) is 0 Å². The molecular weight excluding hydrogens is 346 g/mol. The summed E-state index contributed by atoms with van der Waals surface area (Å²) < 4.78 is 28.6. The van der Waals surface area contributed by atoms with E-state index in [2.05, 4.69) is 5.32 Å². The van der Waals surface area contributed by atoms with Crippen molar-refractivity contribution in [3.63, 3.8) is 0 Å². The Hall–Kier alpha value is -1.99.